The van der Waals surface area contributed by atoms with Gasteiger partial charge in [-0.3, -0.25) is 0 Å². The first kappa shape index (κ1) is 13.9. The standard InChI is InChI=1S/C14H9ClF4/c1-8-2-7-11(15)12(13(8)16)9-3-5-10(6-4-9)14(17,18)19/h2-7H,1H3. The summed E-state index contributed by atoms with van der Waals surface area (Å²) in [4.78, 5) is 0. The minimum Gasteiger partial charge on any atom is -0.206 e. The van der Waals surface area contributed by atoms with Gasteiger partial charge in [-0.1, -0.05) is 29.8 Å². The summed E-state index contributed by atoms with van der Waals surface area (Å²) in [6, 6.07) is 7.29. The molecule has 5 heteroatoms. The predicted molar refractivity (Wildman–Crippen MR) is 66.6 cm³/mol. The molecule has 0 aliphatic carbocycles. The minimum absolute atomic E-state index is 0.121. The van der Waals surface area contributed by atoms with E-state index < -0.39 is 17.6 Å². The lowest BCUT2D eigenvalue weighted by Gasteiger charge is -2.10. The summed E-state index contributed by atoms with van der Waals surface area (Å²) in [7, 11) is 0. The van der Waals surface area contributed by atoms with Crippen LogP contribution in [0.4, 0.5) is 17.6 Å². The van der Waals surface area contributed by atoms with Crippen LogP contribution in [-0.4, -0.2) is 0 Å². The van der Waals surface area contributed by atoms with Gasteiger partial charge in [0.25, 0.3) is 0 Å². The van der Waals surface area contributed by atoms with Crippen molar-refractivity contribution in [2.45, 2.75) is 13.1 Å². The van der Waals surface area contributed by atoms with Crippen molar-refractivity contribution in [3.8, 4) is 11.1 Å². The molecule has 0 bridgehead atoms. The zero-order valence-corrected chi connectivity index (χ0v) is 10.6. The summed E-state index contributed by atoms with van der Waals surface area (Å²) in [5.41, 5.74) is 0.0503. The molecule has 0 spiro atoms. The van der Waals surface area contributed by atoms with Crippen LogP contribution < -0.4 is 0 Å². The molecule has 2 aromatic rings. The molecule has 0 aliphatic heterocycles. The van der Waals surface area contributed by atoms with E-state index in [9.17, 15) is 17.6 Å². The van der Waals surface area contributed by atoms with Gasteiger partial charge in [-0.2, -0.15) is 13.2 Å². The van der Waals surface area contributed by atoms with Crippen LogP contribution in [0, 0.1) is 12.7 Å². The van der Waals surface area contributed by atoms with Crippen LogP contribution in [0.15, 0.2) is 36.4 Å². The third kappa shape index (κ3) is 2.73. The number of benzene rings is 2. The summed E-state index contributed by atoms with van der Waals surface area (Å²) in [6.45, 7) is 1.57. The Bertz CT molecular complexity index is 600. The van der Waals surface area contributed by atoms with Crippen molar-refractivity contribution in [3.63, 3.8) is 0 Å². The number of hydrogen-bond acceptors (Lipinski definition) is 0. The molecule has 0 saturated heterocycles. The van der Waals surface area contributed by atoms with Crippen molar-refractivity contribution in [1.29, 1.82) is 0 Å². The second-order valence-corrected chi connectivity index (χ2v) is 4.54. The molecule has 0 aromatic heterocycles. The zero-order valence-electron chi connectivity index (χ0n) is 9.85. The van der Waals surface area contributed by atoms with Crippen LogP contribution in [0.5, 0.6) is 0 Å². The second-order valence-electron chi connectivity index (χ2n) is 4.13. The molecule has 0 heterocycles. The van der Waals surface area contributed by atoms with Crippen LogP contribution in [0.25, 0.3) is 11.1 Å². The highest BCUT2D eigenvalue weighted by molar-refractivity contribution is 6.33. The zero-order chi connectivity index (χ0) is 14.2. The van der Waals surface area contributed by atoms with Crippen LogP contribution in [0.2, 0.25) is 5.02 Å². The molecule has 100 valence electrons. The minimum atomic E-state index is -4.41. The average Bonchev–Trinajstić information content (AvgIpc) is 2.34. The lowest BCUT2D eigenvalue weighted by molar-refractivity contribution is -0.137. The lowest BCUT2D eigenvalue weighted by Crippen LogP contribution is -2.04. The smallest absolute Gasteiger partial charge is 0.206 e. The van der Waals surface area contributed by atoms with Crippen molar-refractivity contribution in [1.82, 2.24) is 0 Å². The van der Waals surface area contributed by atoms with E-state index in [-0.39, 0.29) is 10.6 Å². The van der Waals surface area contributed by atoms with E-state index in [1.807, 2.05) is 0 Å². The lowest BCUT2D eigenvalue weighted by atomic mass is 10.0. The third-order valence-electron chi connectivity index (χ3n) is 2.79. The molecular formula is C14H9ClF4. The molecule has 0 aliphatic rings. The highest BCUT2D eigenvalue weighted by Gasteiger charge is 2.30. The van der Waals surface area contributed by atoms with Gasteiger partial charge in [-0.05, 0) is 36.2 Å². The average molecular weight is 289 g/mol. The second kappa shape index (κ2) is 4.85. The first-order valence-electron chi connectivity index (χ1n) is 5.43. The molecule has 19 heavy (non-hydrogen) atoms. The summed E-state index contributed by atoms with van der Waals surface area (Å²) in [5.74, 6) is -0.521. The van der Waals surface area contributed by atoms with Crippen molar-refractivity contribution < 1.29 is 17.6 Å². The third-order valence-corrected chi connectivity index (χ3v) is 3.10. The summed E-state index contributed by atoms with van der Waals surface area (Å²) in [5, 5.41) is 0.169. The van der Waals surface area contributed by atoms with Gasteiger partial charge < -0.3 is 0 Å². The first-order valence-corrected chi connectivity index (χ1v) is 5.80. The number of rotatable bonds is 1. The Kier molecular flexibility index (Phi) is 3.54. The van der Waals surface area contributed by atoms with Crippen LogP contribution in [0.3, 0.4) is 0 Å². The molecule has 0 radical (unpaired) electrons. The number of aryl methyl sites for hydroxylation is 1. The Morgan fingerprint density at radius 3 is 2.05 bits per heavy atom. The van der Waals surface area contributed by atoms with Crippen molar-refractivity contribution in [3.05, 3.63) is 58.4 Å². The van der Waals surface area contributed by atoms with Crippen molar-refractivity contribution >= 4 is 11.6 Å². The predicted octanol–water partition coefficient (Wildman–Crippen LogP) is 5.47. The SMILES string of the molecule is Cc1ccc(Cl)c(-c2ccc(C(F)(F)F)cc2)c1F. The van der Waals surface area contributed by atoms with Gasteiger partial charge in [0, 0.05) is 5.56 Å². The Hall–Kier alpha value is -1.55. The van der Waals surface area contributed by atoms with E-state index in [1.54, 1.807) is 6.92 Å². The Morgan fingerprint density at radius 1 is 0.947 bits per heavy atom. The molecule has 2 aromatic carbocycles. The molecule has 0 amide bonds. The Balaban J connectivity index is 2.52. The summed E-state index contributed by atoms with van der Waals surface area (Å²) in [6.07, 6.45) is -4.41. The van der Waals surface area contributed by atoms with Crippen molar-refractivity contribution in [2.24, 2.45) is 0 Å². The molecule has 0 saturated carbocycles. The van der Waals surface area contributed by atoms with Gasteiger partial charge >= 0.3 is 6.18 Å². The van der Waals surface area contributed by atoms with E-state index in [2.05, 4.69) is 0 Å². The molecule has 0 unspecified atom stereocenters. The maximum absolute atomic E-state index is 14.0. The van der Waals surface area contributed by atoms with E-state index >= 15 is 0 Å². The van der Waals surface area contributed by atoms with Gasteiger partial charge in [-0.15, -0.1) is 0 Å². The fourth-order valence-corrected chi connectivity index (χ4v) is 2.00. The van der Waals surface area contributed by atoms with Gasteiger partial charge in [0.1, 0.15) is 5.82 Å². The Morgan fingerprint density at radius 2 is 1.53 bits per heavy atom. The highest BCUT2D eigenvalue weighted by atomic mass is 35.5. The van der Waals surface area contributed by atoms with E-state index in [0.29, 0.717) is 11.1 Å². The number of halogens is 5. The fraction of sp³-hybridized carbons (Fsp3) is 0.143. The topological polar surface area (TPSA) is 0 Å². The largest absolute Gasteiger partial charge is 0.416 e. The first-order chi connectivity index (χ1) is 8.80. The van der Waals surface area contributed by atoms with Gasteiger partial charge in [0.2, 0.25) is 0 Å². The monoisotopic (exact) mass is 288 g/mol. The molecular weight excluding hydrogens is 280 g/mol. The number of hydrogen-bond donors (Lipinski definition) is 0. The highest BCUT2D eigenvalue weighted by Crippen LogP contribution is 2.35. The number of alkyl halides is 3. The van der Waals surface area contributed by atoms with E-state index in [1.165, 1.54) is 24.3 Å². The summed E-state index contributed by atoms with van der Waals surface area (Å²) >= 11 is 5.90. The molecule has 0 fully saturated rings. The van der Waals surface area contributed by atoms with E-state index in [0.717, 1.165) is 12.1 Å². The van der Waals surface area contributed by atoms with Crippen LogP contribution >= 0.6 is 11.6 Å². The van der Waals surface area contributed by atoms with Gasteiger partial charge in [-0.25, -0.2) is 4.39 Å². The van der Waals surface area contributed by atoms with Gasteiger partial charge in [0.15, 0.2) is 0 Å². The maximum atomic E-state index is 14.0. The quantitative estimate of drug-likeness (QED) is 0.610. The summed E-state index contributed by atoms with van der Waals surface area (Å²) < 4.78 is 51.3. The fourth-order valence-electron chi connectivity index (χ4n) is 1.75. The van der Waals surface area contributed by atoms with Crippen LogP contribution in [0.1, 0.15) is 11.1 Å². The molecule has 0 atom stereocenters. The normalized spacial score (nSPS) is 11.7. The van der Waals surface area contributed by atoms with Gasteiger partial charge in [0.05, 0.1) is 10.6 Å². The molecule has 0 N–H and O–H groups in total. The Labute approximate surface area is 112 Å². The van der Waals surface area contributed by atoms with E-state index in [4.69, 9.17) is 11.6 Å². The maximum Gasteiger partial charge on any atom is 0.416 e. The van der Waals surface area contributed by atoms with Crippen LogP contribution in [-0.2, 0) is 6.18 Å². The molecule has 0 nitrogen and oxygen atoms in total. The molecule has 2 rings (SSSR count). The van der Waals surface area contributed by atoms with Crippen molar-refractivity contribution in [2.75, 3.05) is 0 Å².